The largest absolute Gasteiger partial charge is 0.289 e. The predicted molar refractivity (Wildman–Crippen MR) is 62.9 cm³/mol. The average Bonchev–Trinajstić information content (AvgIpc) is 2.30. The first-order chi connectivity index (χ1) is 7.31. The van der Waals surface area contributed by atoms with E-state index in [0.29, 0.717) is 5.46 Å². The van der Waals surface area contributed by atoms with Gasteiger partial charge in [-0.1, -0.05) is 24.4 Å². The van der Waals surface area contributed by atoms with Crippen LogP contribution in [0.15, 0.2) is 23.2 Å². The van der Waals surface area contributed by atoms with Crippen molar-refractivity contribution in [3.8, 4) is 0 Å². The van der Waals surface area contributed by atoms with Crippen LogP contribution < -0.4 is 5.46 Å². The van der Waals surface area contributed by atoms with Crippen molar-refractivity contribution in [3.05, 3.63) is 29.6 Å². The molecule has 15 heavy (non-hydrogen) atoms. The summed E-state index contributed by atoms with van der Waals surface area (Å²) in [6.45, 7) is 2.73. The minimum atomic E-state index is -0.150. The van der Waals surface area contributed by atoms with E-state index in [1.165, 1.54) is 6.42 Å². The minimum absolute atomic E-state index is 0.150. The van der Waals surface area contributed by atoms with Crippen LogP contribution in [0, 0.1) is 5.82 Å². The molecule has 0 fully saturated rings. The van der Waals surface area contributed by atoms with Gasteiger partial charge in [0, 0.05) is 12.3 Å². The zero-order valence-electron chi connectivity index (χ0n) is 8.96. The lowest BCUT2D eigenvalue weighted by atomic mass is 9.72. The van der Waals surface area contributed by atoms with Crippen LogP contribution in [-0.4, -0.2) is 19.5 Å². The quantitative estimate of drug-likeness (QED) is 0.651. The second-order valence-electron chi connectivity index (χ2n) is 3.81. The second kappa shape index (κ2) is 4.60. The first-order valence-electron chi connectivity index (χ1n) is 5.44. The molecule has 0 amide bonds. The Morgan fingerprint density at radius 2 is 2.20 bits per heavy atom. The Bertz CT molecular complexity index is 387. The fourth-order valence-corrected chi connectivity index (χ4v) is 1.87. The number of hydrogen-bond donors (Lipinski definition) is 0. The summed E-state index contributed by atoms with van der Waals surface area (Å²) in [5.74, 6) is -0.150. The molecular weight excluding hydrogens is 188 g/mol. The van der Waals surface area contributed by atoms with Crippen LogP contribution in [0.3, 0.4) is 0 Å². The lowest BCUT2D eigenvalue weighted by Crippen LogP contribution is -2.17. The second-order valence-corrected chi connectivity index (χ2v) is 3.81. The zero-order valence-corrected chi connectivity index (χ0v) is 8.96. The number of benzene rings is 1. The van der Waals surface area contributed by atoms with Gasteiger partial charge in [0.25, 0.3) is 0 Å². The first-order valence-corrected chi connectivity index (χ1v) is 5.44. The summed E-state index contributed by atoms with van der Waals surface area (Å²) < 4.78 is 13.5. The van der Waals surface area contributed by atoms with Crippen molar-refractivity contribution in [1.82, 2.24) is 0 Å². The maximum Gasteiger partial charge on any atom is 0.152 e. The fraction of sp³-hybridized carbons (Fsp3) is 0.417. The predicted octanol–water partition coefficient (Wildman–Crippen LogP) is 2.18. The van der Waals surface area contributed by atoms with E-state index in [1.54, 1.807) is 13.3 Å². The van der Waals surface area contributed by atoms with Gasteiger partial charge in [0.05, 0.1) is 0 Å². The maximum absolute atomic E-state index is 13.5. The molecule has 0 N–H and O–H groups in total. The van der Waals surface area contributed by atoms with Gasteiger partial charge >= 0.3 is 0 Å². The Labute approximate surface area is 90.7 Å². The van der Waals surface area contributed by atoms with E-state index in [-0.39, 0.29) is 5.82 Å². The Morgan fingerprint density at radius 3 is 2.80 bits per heavy atom. The number of nitrogens with zero attached hydrogens (tertiary/aromatic N) is 1. The number of aliphatic imine (C=N–C) groups is 1. The van der Waals surface area contributed by atoms with E-state index < -0.39 is 0 Å². The van der Waals surface area contributed by atoms with Crippen LogP contribution in [0.4, 0.5) is 4.39 Å². The highest BCUT2D eigenvalue weighted by atomic mass is 19.1. The maximum atomic E-state index is 13.5. The van der Waals surface area contributed by atoms with Gasteiger partial charge in [-0.15, -0.1) is 0 Å². The molecule has 2 rings (SSSR count). The van der Waals surface area contributed by atoms with Crippen molar-refractivity contribution in [2.75, 3.05) is 6.54 Å². The third-order valence-electron chi connectivity index (χ3n) is 2.77. The molecule has 0 aliphatic carbocycles. The van der Waals surface area contributed by atoms with Gasteiger partial charge in [-0.2, -0.15) is 0 Å². The lowest BCUT2D eigenvalue weighted by molar-refractivity contribution is 0.635. The van der Waals surface area contributed by atoms with E-state index in [1.807, 2.05) is 19.0 Å². The number of halogens is 1. The van der Waals surface area contributed by atoms with Crippen LogP contribution in [0.25, 0.3) is 0 Å². The van der Waals surface area contributed by atoms with Gasteiger partial charge in [-0.05, 0) is 30.9 Å². The van der Waals surface area contributed by atoms with Gasteiger partial charge in [-0.25, -0.2) is 4.39 Å². The molecule has 1 aliphatic rings. The third-order valence-corrected chi connectivity index (χ3v) is 2.77. The summed E-state index contributed by atoms with van der Waals surface area (Å²) in [5, 5.41) is 0. The molecule has 0 aromatic heterocycles. The van der Waals surface area contributed by atoms with Gasteiger partial charge in [-0.3, -0.25) is 4.99 Å². The highest BCUT2D eigenvalue weighted by Gasteiger charge is 2.09. The van der Waals surface area contributed by atoms with Crippen molar-refractivity contribution in [1.29, 1.82) is 0 Å². The number of rotatable bonds is 2. The summed E-state index contributed by atoms with van der Waals surface area (Å²) in [6, 6.07) is 5.38. The molecule has 0 unspecified atom stereocenters. The van der Waals surface area contributed by atoms with Crippen molar-refractivity contribution >= 4 is 18.5 Å². The topological polar surface area (TPSA) is 12.4 Å². The number of hydrogen-bond acceptors (Lipinski definition) is 1. The smallest absolute Gasteiger partial charge is 0.152 e. The van der Waals surface area contributed by atoms with Crippen molar-refractivity contribution in [2.45, 2.75) is 26.1 Å². The standard InChI is InChI=1S/C12H14BFN/c1-13-10-6-5-9(8-11(10)14)12-4-2-3-7-15-12/h5-6,8H,2-4,7H2,1H3. The molecule has 1 aromatic rings. The molecule has 0 bridgehead atoms. The molecule has 1 aliphatic heterocycles. The third kappa shape index (κ3) is 2.28. The van der Waals surface area contributed by atoms with Crippen molar-refractivity contribution in [3.63, 3.8) is 0 Å². The Balaban J connectivity index is 2.29. The molecular formula is C12H14BFN. The van der Waals surface area contributed by atoms with Crippen LogP contribution >= 0.6 is 0 Å². The summed E-state index contributed by atoms with van der Waals surface area (Å²) in [5.41, 5.74) is 2.66. The summed E-state index contributed by atoms with van der Waals surface area (Å²) in [7, 11) is 1.78. The Morgan fingerprint density at radius 1 is 1.33 bits per heavy atom. The van der Waals surface area contributed by atoms with E-state index >= 15 is 0 Å². The lowest BCUT2D eigenvalue weighted by Gasteiger charge is -2.12. The molecule has 1 aromatic carbocycles. The van der Waals surface area contributed by atoms with Crippen LogP contribution in [0.5, 0.6) is 0 Å². The minimum Gasteiger partial charge on any atom is -0.289 e. The monoisotopic (exact) mass is 202 g/mol. The molecule has 0 saturated heterocycles. The van der Waals surface area contributed by atoms with E-state index in [0.717, 1.165) is 30.7 Å². The molecule has 3 heteroatoms. The molecule has 0 spiro atoms. The molecule has 0 atom stereocenters. The van der Waals surface area contributed by atoms with Gasteiger partial charge in [0.15, 0.2) is 7.28 Å². The first kappa shape index (κ1) is 10.4. The Kier molecular flexibility index (Phi) is 3.19. The van der Waals surface area contributed by atoms with Crippen LogP contribution in [-0.2, 0) is 0 Å². The molecule has 1 heterocycles. The fourth-order valence-electron chi connectivity index (χ4n) is 1.87. The van der Waals surface area contributed by atoms with Crippen LogP contribution in [0.1, 0.15) is 24.8 Å². The summed E-state index contributed by atoms with van der Waals surface area (Å²) >= 11 is 0. The normalized spacial score (nSPS) is 16.0. The summed E-state index contributed by atoms with van der Waals surface area (Å²) in [4.78, 5) is 4.44. The SMILES string of the molecule is C[B]c1ccc(C2=NCCCC2)cc1F. The molecule has 77 valence electrons. The van der Waals surface area contributed by atoms with Crippen LogP contribution in [0.2, 0.25) is 6.82 Å². The van der Waals surface area contributed by atoms with Crippen molar-refractivity contribution < 1.29 is 4.39 Å². The van der Waals surface area contributed by atoms with Crippen molar-refractivity contribution in [2.24, 2.45) is 4.99 Å². The highest BCUT2D eigenvalue weighted by molar-refractivity contribution is 6.52. The van der Waals surface area contributed by atoms with E-state index in [2.05, 4.69) is 4.99 Å². The summed E-state index contributed by atoms with van der Waals surface area (Å²) in [6.07, 6.45) is 3.31. The highest BCUT2D eigenvalue weighted by Crippen LogP contribution is 2.13. The average molecular weight is 202 g/mol. The van der Waals surface area contributed by atoms with Gasteiger partial charge in [0.1, 0.15) is 5.82 Å². The molecule has 1 nitrogen and oxygen atoms in total. The molecule has 0 saturated carbocycles. The van der Waals surface area contributed by atoms with Gasteiger partial charge < -0.3 is 0 Å². The van der Waals surface area contributed by atoms with E-state index in [4.69, 9.17) is 0 Å². The van der Waals surface area contributed by atoms with E-state index in [9.17, 15) is 4.39 Å². The van der Waals surface area contributed by atoms with Gasteiger partial charge in [0.2, 0.25) is 0 Å². The Hall–Kier alpha value is -1.12. The molecule has 1 radical (unpaired) electrons. The zero-order chi connectivity index (χ0) is 10.7.